The molecule has 0 amide bonds. The molecule has 80 valence electrons. The summed E-state index contributed by atoms with van der Waals surface area (Å²) in [7, 11) is 0. The summed E-state index contributed by atoms with van der Waals surface area (Å²) in [5.41, 5.74) is 0. The Bertz CT molecular complexity index is 379. The van der Waals surface area contributed by atoms with Gasteiger partial charge in [0, 0.05) is 12.7 Å². The summed E-state index contributed by atoms with van der Waals surface area (Å²) >= 11 is 0. The lowest BCUT2D eigenvalue weighted by Gasteiger charge is -2.06. The maximum absolute atomic E-state index is 10.3. The van der Waals surface area contributed by atoms with Crippen LogP contribution >= 0.6 is 0 Å². The number of nitro groups is 1. The summed E-state index contributed by atoms with van der Waals surface area (Å²) in [6.45, 7) is 2.10. The van der Waals surface area contributed by atoms with Gasteiger partial charge >= 0.3 is 5.88 Å². The molecule has 0 spiro atoms. The van der Waals surface area contributed by atoms with Crippen molar-refractivity contribution >= 4 is 12.0 Å². The fraction of sp³-hybridized carbons (Fsp3) is 0.333. The molecule has 2 heterocycles. The molecule has 1 aromatic heterocycles. The molecule has 0 bridgehead atoms. The van der Waals surface area contributed by atoms with E-state index in [2.05, 4.69) is 0 Å². The zero-order valence-electron chi connectivity index (χ0n) is 7.96. The lowest BCUT2D eigenvalue weighted by atomic mass is 10.4. The Morgan fingerprint density at radius 3 is 3.00 bits per heavy atom. The summed E-state index contributed by atoms with van der Waals surface area (Å²) < 4.78 is 10.1. The quantitative estimate of drug-likeness (QED) is 0.557. The first-order valence-electron chi connectivity index (χ1n) is 4.50. The maximum atomic E-state index is 10.3. The number of rotatable bonds is 3. The van der Waals surface area contributed by atoms with Crippen LogP contribution in [0.5, 0.6) is 0 Å². The van der Waals surface area contributed by atoms with Gasteiger partial charge < -0.3 is 14.1 Å². The third-order valence-corrected chi connectivity index (χ3v) is 2.02. The first-order valence-corrected chi connectivity index (χ1v) is 4.50. The average Bonchev–Trinajstić information content (AvgIpc) is 2.86. The molecule has 0 unspecified atom stereocenters. The molecule has 6 heteroatoms. The minimum Gasteiger partial charge on any atom is -0.401 e. The van der Waals surface area contributed by atoms with Gasteiger partial charge in [-0.05, 0) is 12.1 Å². The molecule has 6 nitrogen and oxygen atoms in total. The molecule has 1 fully saturated rings. The molecule has 15 heavy (non-hydrogen) atoms. The number of hydrogen-bond donors (Lipinski definition) is 0. The first kappa shape index (κ1) is 9.72. The Kier molecular flexibility index (Phi) is 2.68. The second kappa shape index (κ2) is 4.14. The van der Waals surface area contributed by atoms with Crippen LogP contribution < -0.4 is 0 Å². The van der Waals surface area contributed by atoms with Gasteiger partial charge in [-0.25, -0.2) is 0 Å². The number of ether oxygens (including phenoxy) is 1. The number of hydrogen-bond acceptors (Lipinski definition) is 5. The van der Waals surface area contributed by atoms with Crippen molar-refractivity contribution in [3.05, 3.63) is 34.2 Å². The van der Waals surface area contributed by atoms with Crippen molar-refractivity contribution in [2.45, 2.75) is 0 Å². The summed E-state index contributed by atoms with van der Waals surface area (Å²) in [4.78, 5) is 11.7. The third-order valence-electron chi connectivity index (χ3n) is 2.02. The first-order chi connectivity index (χ1) is 7.25. The third kappa shape index (κ3) is 2.35. The SMILES string of the molecule is O=[N+]([O-])c1ccc(C=CN2CCOC2)o1. The van der Waals surface area contributed by atoms with Crippen molar-refractivity contribution in [3.8, 4) is 0 Å². The molecular weight excluding hydrogens is 200 g/mol. The van der Waals surface area contributed by atoms with E-state index in [0.717, 1.165) is 6.54 Å². The van der Waals surface area contributed by atoms with E-state index in [1.54, 1.807) is 18.3 Å². The van der Waals surface area contributed by atoms with Crippen molar-refractivity contribution in [3.63, 3.8) is 0 Å². The molecule has 0 atom stereocenters. The van der Waals surface area contributed by atoms with Gasteiger partial charge in [0.05, 0.1) is 12.7 Å². The topological polar surface area (TPSA) is 68.8 Å². The van der Waals surface area contributed by atoms with Gasteiger partial charge in [0.25, 0.3) is 0 Å². The monoisotopic (exact) mass is 210 g/mol. The van der Waals surface area contributed by atoms with Crippen LogP contribution in [0.1, 0.15) is 5.76 Å². The number of nitrogens with zero attached hydrogens (tertiary/aromatic N) is 2. The zero-order chi connectivity index (χ0) is 10.7. The fourth-order valence-electron chi connectivity index (χ4n) is 1.25. The Labute approximate surface area is 85.9 Å². The average molecular weight is 210 g/mol. The van der Waals surface area contributed by atoms with E-state index in [9.17, 15) is 10.1 Å². The molecule has 1 aromatic rings. The van der Waals surface area contributed by atoms with Gasteiger partial charge in [0.2, 0.25) is 0 Å². The van der Waals surface area contributed by atoms with E-state index in [-0.39, 0.29) is 5.88 Å². The van der Waals surface area contributed by atoms with Gasteiger partial charge in [-0.3, -0.25) is 10.1 Å². The van der Waals surface area contributed by atoms with Gasteiger partial charge in [0.15, 0.2) is 0 Å². The lowest BCUT2D eigenvalue weighted by molar-refractivity contribution is -0.402. The fourth-order valence-corrected chi connectivity index (χ4v) is 1.25. The molecular formula is C9H10N2O4. The second-order valence-electron chi connectivity index (χ2n) is 3.10. The molecule has 2 rings (SSSR count). The highest BCUT2D eigenvalue weighted by Gasteiger charge is 2.11. The van der Waals surface area contributed by atoms with E-state index in [1.165, 1.54) is 6.07 Å². The molecule has 1 aliphatic rings. The van der Waals surface area contributed by atoms with Gasteiger partial charge in [0.1, 0.15) is 17.4 Å². The highest BCUT2D eigenvalue weighted by atomic mass is 16.6. The maximum Gasteiger partial charge on any atom is 0.433 e. The van der Waals surface area contributed by atoms with E-state index in [4.69, 9.17) is 9.15 Å². The molecule has 0 radical (unpaired) electrons. The van der Waals surface area contributed by atoms with Gasteiger partial charge in [-0.15, -0.1) is 0 Å². The van der Waals surface area contributed by atoms with E-state index in [0.29, 0.717) is 19.1 Å². The van der Waals surface area contributed by atoms with Crippen LogP contribution in [0.15, 0.2) is 22.7 Å². The zero-order valence-corrected chi connectivity index (χ0v) is 7.96. The molecule has 0 aromatic carbocycles. The highest BCUT2D eigenvalue weighted by Crippen LogP contribution is 2.17. The standard InChI is InChI=1S/C9H10N2O4/c12-11(13)9-2-1-8(15-9)3-4-10-5-6-14-7-10/h1-4H,5-7H2. The predicted molar refractivity (Wildman–Crippen MR) is 51.9 cm³/mol. The Hall–Kier alpha value is -1.82. The smallest absolute Gasteiger partial charge is 0.401 e. The van der Waals surface area contributed by atoms with Gasteiger partial charge in [-0.2, -0.15) is 0 Å². The van der Waals surface area contributed by atoms with Crippen LogP contribution in [-0.2, 0) is 4.74 Å². The molecule has 0 N–H and O–H groups in total. The van der Waals surface area contributed by atoms with Crippen LogP contribution in [0.25, 0.3) is 6.08 Å². The van der Waals surface area contributed by atoms with E-state index in [1.807, 2.05) is 4.90 Å². The molecule has 1 aliphatic heterocycles. The Morgan fingerprint density at radius 1 is 1.53 bits per heavy atom. The number of furan rings is 1. The van der Waals surface area contributed by atoms with Crippen molar-refractivity contribution < 1.29 is 14.1 Å². The van der Waals surface area contributed by atoms with Gasteiger partial charge in [-0.1, -0.05) is 0 Å². The van der Waals surface area contributed by atoms with E-state index < -0.39 is 4.92 Å². The summed E-state index contributed by atoms with van der Waals surface area (Å²) in [6, 6.07) is 2.89. The second-order valence-corrected chi connectivity index (χ2v) is 3.10. The van der Waals surface area contributed by atoms with Crippen LogP contribution in [0, 0.1) is 10.1 Å². The van der Waals surface area contributed by atoms with Crippen molar-refractivity contribution in [1.82, 2.24) is 4.90 Å². The summed E-state index contributed by atoms with van der Waals surface area (Å²) in [6.07, 6.45) is 3.48. The summed E-state index contributed by atoms with van der Waals surface area (Å²) in [5.74, 6) is 0.223. The van der Waals surface area contributed by atoms with Crippen LogP contribution in [0.2, 0.25) is 0 Å². The van der Waals surface area contributed by atoms with Crippen molar-refractivity contribution in [1.29, 1.82) is 0 Å². The van der Waals surface area contributed by atoms with Crippen molar-refractivity contribution in [2.24, 2.45) is 0 Å². The predicted octanol–water partition coefficient (Wildman–Crippen LogP) is 1.45. The van der Waals surface area contributed by atoms with Crippen molar-refractivity contribution in [2.75, 3.05) is 19.9 Å². The summed E-state index contributed by atoms with van der Waals surface area (Å²) in [5, 5.41) is 10.3. The Balaban J connectivity index is 2.00. The van der Waals surface area contributed by atoms with Crippen LogP contribution in [0.3, 0.4) is 0 Å². The van der Waals surface area contributed by atoms with Crippen LogP contribution in [-0.4, -0.2) is 29.7 Å². The molecule has 1 saturated heterocycles. The lowest BCUT2D eigenvalue weighted by Crippen LogP contribution is -2.10. The normalized spacial score (nSPS) is 16.4. The van der Waals surface area contributed by atoms with E-state index >= 15 is 0 Å². The minimum absolute atomic E-state index is 0.243. The molecule has 0 aliphatic carbocycles. The minimum atomic E-state index is -0.559. The Morgan fingerprint density at radius 2 is 2.40 bits per heavy atom. The highest BCUT2D eigenvalue weighted by molar-refractivity contribution is 5.44. The van der Waals surface area contributed by atoms with Crippen LogP contribution in [0.4, 0.5) is 5.88 Å². The largest absolute Gasteiger partial charge is 0.433 e. The molecule has 0 saturated carbocycles.